The number of furan rings is 1. The summed E-state index contributed by atoms with van der Waals surface area (Å²) in [4.78, 5) is 0. The number of hydrogen-bond acceptors (Lipinski definition) is 4. The second-order valence-corrected chi connectivity index (χ2v) is 7.01. The number of phenols is 2. The second kappa shape index (κ2) is 6.08. The van der Waals surface area contributed by atoms with Gasteiger partial charge in [-0.1, -0.05) is 12.1 Å². The van der Waals surface area contributed by atoms with Crippen molar-refractivity contribution in [2.45, 2.75) is 13.3 Å². The molecule has 0 fully saturated rings. The number of nitriles is 1. The van der Waals surface area contributed by atoms with Crippen LogP contribution in [0, 0.1) is 18.3 Å². The Hall–Kier alpha value is -2.97. The zero-order valence-electron chi connectivity index (χ0n) is 13.9. The predicted molar refractivity (Wildman–Crippen MR) is 102 cm³/mol. The van der Waals surface area contributed by atoms with Gasteiger partial charge in [0.25, 0.3) is 0 Å². The molecular formula is C21H14BrNO3. The molecule has 0 atom stereocenters. The molecule has 2 N–H and O–H groups in total. The number of rotatable bonds is 2. The molecule has 128 valence electrons. The van der Waals surface area contributed by atoms with Crippen molar-refractivity contribution < 1.29 is 14.6 Å². The van der Waals surface area contributed by atoms with E-state index in [0.717, 1.165) is 33.4 Å². The summed E-state index contributed by atoms with van der Waals surface area (Å²) in [5.41, 5.74) is 6.07. The Morgan fingerprint density at radius 2 is 1.88 bits per heavy atom. The fourth-order valence-electron chi connectivity index (χ4n) is 3.45. The summed E-state index contributed by atoms with van der Waals surface area (Å²) in [6.45, 7) is 1.95. The lowest BCUT2D eigenvalue weighted by Gasteiger charge is -2.10. The first-order valence-corrected chi connectivity index (χ1v) is 8.82. The van der Waals surface area contributed by atoms with E-state index < -0.39 is 0 Å². The molecule has 1 aromatic heterocycles. The lowest BCUT2D eigenvalue weighted by atomic mass is 9.96. The molecule has 0 unspecified atom stereocenters. The van der Waals surface area contributed by atoms with E-state index in [9.17, 15) is 15.5 Å². The minimum Gasteiger partial charge on any atom is -0.508 e. The van der Waals surface area contributed by atoms with Gasteiger partial charge in [-0.05, 0) is 81.4 Å². The first kappa shape index (κ1) is 16.5. The number of aromatic hydroxyl groups is 2. The van der Waals surface area contributed by atoms with Gasteiger partial charge in [0.2, 0.25) is 0 Å². The van der Waals surface area contributed by atoms with Gasteiger partial charge in [-0.3, -0.25) is 0 Å². The minimum absolute atomic E-state index is 0.149. The topological polar surface area (TPSA) is 77.4 Å². The summed E-state index contributed by atoms with van der Waals surface area (Å²) in [5.74, 6) is 0.838. The number of phenolic OH excluding ortho intramolecular Hbond substituents is 2. The van der Waals surface area contributed by atoms with Crippen LogP contribution >= 0.6 is 15.9 Å². The van der Waals surface area contributed by atoms with Crippen LogP contribution in [0.2, 0.25) is 0 Å². The Labute approximate surface area is 158 Å². The van der Waals surface area contributed by atoms with Gasteiger partial charge in [-0.15, -0.1) is 0 Å². The van der Waals surface area contributed by atoms with Crippen LogP contribution < -0.4 is 0 Å². The predicted octanol–water partition coefficient (Wildman–Crippen LogP) is 5.15. The minimum atomic E-state index is 0.149. The van der Waals surface area contributed by atoms with E-state index in [1.807, 2.05) is 19.1 Å². The van der Waals surface area contributed by atoms with Crippen LogP contribution in [0.4, 0.5) is 0 Å². The maximum absolute atomic E-state index is 10.3. The summed E-state index contributed by atoms with van der Waals surface area (Å²) in [7, 11) is 0. The first-order chi connectivity index (χ1) is 12.5. The van der Waals surface area contributed by atoms with Crippen LogP contribution in [0.5, 0.6) is 11.5 Å². The van der Waals surface area contributed by atoms with Crippen LogP contribution in [0.25, 0.3) is 11.1 Å². The Morgan fingerprint density at radius 1 is 1.15 bits per heavy atom. The van der Waals surface area contributed by atoms with Gasteiger partial charge in [-0.25, -0.2) is 0 Å². The highest BCUT2D eigenvalue weighted by atomic mass is 79.9. The first-order valence-electron chi connectivity index (χ1n) is 8.03. The number of fused-ring (bicyclic) bond motifs is 1. The molecule has 0 bridgehead atoms. The number of hydrogen-bond donors (Lipinski definition) is 2. The van der Waals surface area contributed by atoms with Gasteiger partial charge < -0.3 is 14.6 Å². The molecule has 0 saturated carbocycles. The lowest BCUT2D eigenvalue weighted by Crippen LogP contribution is -1.92. The Kier molecular flexibility index (Phi) is 3.86. The quantitative estimate of drug-likeness (QED) is 0.615. The van der Waals surface area contributed by atoms with Gasteiger partial charge in [0.1, 0.15) is 17.6 Å². The highest BCUT2D eigenvalue weighted by Crippen LogP contribution is 2.48. The molecule has 4 nitrogen and oxygen atoms in total. The van der Waals surface area contributed by atoms with Crippen LogP contribution in [-0.2, 0) is 6.42 Å². The fraction of sp³-hybridized carbons (Fsp3) is 0.0952. The largest absolute Gasteiger partial charge is 0.508 e. The molecule has 1 aliphatic carbocycles. The average Bonchev–Trinajstić information content (AvgIpc) is 3.24. The molecule has 0 saturated heterocycles. The summed E-state index contributed by atoms with van der Waals surface area (Å²) < 4.78 is 6.33. The van der Waals surface area contributed by atoms with Crippen molar-refractivity contribution in [1.82, 2.24) is 0 Å². The van der Waals surface area contributed by atoms with Gasteiger partial charge in [0, 0.05) is 5.57 Å². The van der Waals surface area contributed by atoms with Crippen LogP contribution in [0.3, 0.4) is 0 Å². The van der Waals surface area contributed by atoms with E-state index in [0.29, 0.717) is 22.2 Å². The van der Waals surface area contributed by atoms with E-state index in [1.165, 1.54) is 6.26 Å². The highest BCUT2D eigenvalue weighted by Gasteiger charge is 2.30. The van der Waals surface area contributed by atoms with Gasteiger partial charge in [-0.2, -0.15) is 5.26 Å². The molecular weight excluding hydrogens is 394 g/mol. The van der Waals surface area contributed by atoms with Gasteiger partial charge in [0.15, 0.2) is 5.76 Å². The van der Waals surface area contributed by atoms with Crippen molar-refractivity contribution >= 4 is 27.1 Å². The zero-order chi connectivity index (χ0) is 18.4. The molecule has 2 aromatic carbocycles. The van der Waals surface area contributed by atoms with E-state index >= 15 is 0 Å². The van der Waals surface area contributed by atoms with Crippen LogP contribution in [-0.4, -0.2) is 10.2 Å². The number of nitrogens with zero attached hydrogens (tertiary/aromatic N) is 1. The summed E-state index contributed by atoms with van der Waals surface area (Å²) in [6, 6.07) is 12.5. The van der Waals surface area contributed by atoms with Crippen molar-refractivity contribution in [1.29, 1.82) is 5.26 Å². The second-order valence-electron chi connectivity index (χ2n) is 6.21. The molecule has 5 heteroatoms. The zero-order valence-corrected chi connectivity index (χ0v) is 15.5. The van der Waals surface area contributed by atoms with Crippen molar-refractivity contribution in [3.8, 4) is 17.6 Å². The fourth-order valence-corrected chi connectivity index (χ4v) is 3.81. The molecule has 0 amide bonds. The lowest BCUT2D eigenvalue weighted by molar-refractivity contribution is 0.471. The SMILES string of the molecule is Cc1c(Br)c(O)cc2c1CC(c1ccc(O)cc1)=C2c1occc1C#N. The maximum Gasteiger partial charge on any atom is 0.152 e. The van der Waals surface area contributed by atoms with E-state index in [4.69, 9.17) is 4.42 Å². The number of benzene rings is 2. The third-order valence-electron chi connectivity index (χ3n) is 4.77. The molecule has 1 heterocycles. The van der Waals surface area contributed by atoms with Crippen molar-refractivity contribution in [3.05, 3.63) is 80.7 Å². The van der Waals surface area contributed by atoms with E-state index in [2.05, 4.69) is 22.0 Å². The van der Waals surface area contributed by atoms with E-state index in [1.54, 1.807) is 24.3 Å². The smallest absolute Gasteiger partial charge is 0.152 e. The molecule has 4 rings (SSSR count). The monoisotopic (exact) mass is 407 g/mol. The van der Waals surface area contributed by atoms with Crippen molar-refractivity contribution in [2.24, 2.45) is 0 Å². The Balaban J connectivity index is 2.03. The summed E-state index contributed by atoms with van der Waals surface area (Å²) in [5, 5.41) is 29.3. The Bertz CT molecular complexity index is 1100. The van der Waals surface area contributed by atoms with Gasteiger partial charge in [0.05, 0.1) is 16.3 Å². The van der Waals surface area contributed by atoms with Gasteiger partial charge >= 0.3 is 0 Å². The van der Waals surface area contributed by atoms with Crippen LogP contribution in [0.1, 0.15) is 33.6 Å². The third-order valence-corrected chi connectivity index (χ3v) is 5.77. The summed E-state index contributed by atoms with van der Waals surface area (Å²) >= 11 is 3.44. The van der Waals surface area contributed by atoms with Crippen molar-refractivity contribution in [3.63, 3.8) is 0 Å². The molecule has 0 radical (unpaired) electrons. The molecule has 1 aliphatic rings. The molecule has 3 aromatic rings. The number of allylic oxidation sites excluding steroid dienone is 1. The highest BCUT2D eigenvalue weighted by molar-refractivity contribution is 9.10. The van der Waals surface area contributed by atoms with E-state index in [-0.39, 0.29) is 11.5 Å². The Morgan fingerprint density at radius 3 is 2.58 bits per heavy atom. The van der Waals surface area contributed by atoms with Crippen molar-refractivity contribution in [2.75, 3.05) is 0 Å². The average molecular weight is 408 g/mol. The normalized spacial score (nSPS) is 13.0. The summed E-state index contributed by atoms with van der Waals surface area (Å²) in [6.07, 6.45) is 2.14. The third kappa shape index (κ3) is 2.42. The maximum atomic E-state index is 10.3. The molecule has 0 spiro atoms. The standard InChI is InChI=1S/C21H14BrNO3/c1-11-15-8-16(12-2-4-14(24)5-3-12)19(17(15)9-18(25)20(11)22)21-13(10-23)6-7-26-21/h2-7,9,24-25H,8H2,1H3. The molecule has 0 aliphatic heterocycles. The molecule has 26 heavy (non-hydrogen) atoms. The van der Waals surface area contributed by atoms with Crippen LogP contribution in [0.15, 0.2) is 51.6 Å². The number of halogens is 1.